The second-order valence-corrected chi connectivity index (χ2v) is 7.42. The molecule has 1 amide bonds. The van der Waals surface area contributed by atoms with Crippen LogP contribution >= 0.6 is 0 Å². The van der Waals surface area contributed by atoms with Gasteiger partial charge in [0, 0.05) is 17.8 Å². The van der Waals surface area contributed by atoms with Gasteiger partial charge in [0.25, 0.3) is 15.9 Å². The molecule has 128 valence electrons. The number of hydrogen-bond donors (Lipinski definition) is 2. The minimum absolute atomic E-state index is 0.0626. The molecular formula is C18H22N2O3S. The third kappa shape index (κ3) is 3.94. The average Bonchev–Trinajstić information content (AvgIpc) is 2.51. The van der Waals surface area contributed by atoms with Gasteiger partial charge in [0.15, 0.2) is 0 Å². The number of rotatable bonds is 5. The van der Waals surface area contributed by atoms with Crippen molar-refractivity contribution in [2.45, 2.75) is 32.6 Å². The van der Waals surface area contributed by atoms with Crippen molar-refractivity contribution >= 4 is 21.6 Å². The molecule has 0 saturated heterocycles. The van der Waals surface area contributed by atoms with E-state index in [1.807, 2.05) is 26.8 Å². The Labute approximate surface area is 143 Å². The van der Waals surface area contributed by atoms with Crippen LogP contribution < -0.4 is 10.0 Å². The van der Waals surface area contributed by atoms with E-state index in [0.29, 0.717) is 17.8 Å². The van der Waals surface area contributed by atoms with Crippen LogP contribution in [0.2, 0.25) is 0 Å². The fraction of sp³-hybridized carbons (Fsp3) is 0.278. The van der Waals surface area contributed by atoms with E-state index in [1.165, 1.54) is 12.1 Å². The van der Waals surface area contributed by atoms with Crippen LogP contribution in [-0.4, -0.2) is 20.9 Å². The number of aryl methyl sites for hydroxylation is 3. The number of amides is 1. The van der Waals surface area contributed by atoms with Crippen molar-refractivity contribution in [1.82, 2.24) is 5.32 Å². The molecule has 5 nitrogen and oxygen atoms in total. The molecule has 2 rings (SSSR count). The summed E-state index contributed by atoms with van der Waals surface area (Å²) in [7, 11) is -3.76. The van der Waals surface area contributed by atoms with Crippen LogP contribution in [0.5, 0.6) is 0 Å². The number of sulfonamides is 1. The van der Waals surface area contributed by atoms with Crippen LogP contribution in [0.4, 0.5) is 5.69 Å². The minimum atomic E-state index is -3.76. The third-order valence-electron chi connectivity index (χ3n) is 3.86. The molecule has 6 heteroatoms. The molecule has 0 aromatic heterocycles. The first-order valence-corrected chi connectivity index (χ1v) is 9.22. The number of nitrogens with one attached hydrogen (secondary N) is 2. The van der Waals surface area contributed by atoms with Gasteiger partial charge in [-0.25, -0.2) is 8.42 Å². The van der Waals surface area contributed by atoms with Crippen LogP contribution in [0.3, 0.4) is 0 Å². The number of anilines is 1. The average molecular weight is 346 g/mol. The van der Waals surface area contributed by atoms with E-state index in [0.717, 1.165) is 16.7 Å². The van der Waals surface area contributed by atoms with E-state index < -0.39 is 10.0 Å². The van der Waals surface area contributed by atoms with Gasteiger partial charge >= 0.3 is 0 Å². The summed E-state index contributed by atoms with van der Waals surface area (Å²) in [6.07, 6.45) is 0. The molecule has 24 heavy (non-hydrogen) atoms. The molecule has 2 N–H and O–H groups in total. The maximum absolute atomic E-state index is 12.6. The molecule has 0 bridgehead atoms. The zero-order chi connectivity index (χ0) is 17.9. The van der Waals surface area contributed by atoms with E-state index in [-0.39, 0.29) is 10.8 Å². The lowest BCUT2D eigenvalue weighted by molar-refractivity contribution is 0.0955. The van der Waals surface area contributed by atoms with Gasteiger partial charge in [0.1, 0.15) is 0 Å². The Morgan fingerprint density at radius 2 is 1.62 bits per heavy atom. The Bertz CT molecular complexity index is 874. The van der Waals surface area contributed by atoms with Gasteiger partial charge in [0.2, 0.25) is 0 Å². The molecule has 0 radical (unpaired) electrons. The second-order valence-electron chi connectivity index (χ2n) is 5.74. The largest absolute Gasteiger partial charge is 0.352 e. The normalized spacial score (nSPS) is 11.2. The van der Waals surface area contributed by atoms with Crippen molar-refractivity contribution in [3.8, 4) is 0 Å². The molecule has 0 aliphatic heterocycles. The molecule has 0 fully saturated rings. The van der Waals surface area contributed by atoms with Gasteiger partial charge in [-0.1, -0.05) is 12.1 Å². The van der Waals surface area contributed by atoms with E-state index in [2.05, 4.69) is 10.0 Å². The summed E-state index contributed by atoms with van der Waals surface area (Å²) in [5.74, 6) is -0.279. The lowest BCUT2D eigenvalue weighted by Crippen LogP contribution is -2.24. The second kappa shape index (κ2) is 7.05. The smallest absolute Gasteiger partial charge is 0.261 e. The maximum Gasteiger partial charge on any atom is 0.261 e. The van der Waals surface area contributed by atoms with Crippen molar-refractivity contribution in [1.29, 1.82) is 0 Å². The summed E-state index contributed by atoms with van der Waals surface area (Å²) < 4.78 is 27.8. The minimum Gasteiger partial charge on any atom is -0.352 e. The van der Waals surface area contributed by atoms with E-state index >= 15 is 0 Å². The molecule has 0 unspecified atom stereocenters. The molecule has 2 aromatic carbocycles. The predicted octanol–water partition coefficient (Wildman–Crippen LogP) is 3.16. The van der Waals surface area contributed by atoms with Crippen molar-refractivity contribution in [3.63, 3.8) is 0 Å². The highest BCUT2D eigenvalue weighted by atomic mass is 32.2. The van der Waals surface area contributed by atoms with Gasteiger partial charge in [-0.2, -0.15) is 0 Å². The molecule has 0 saturated carbocycles. The number of carbonyl (C=O) groups excluding carboxylic acids is 1. The van der Waals surface area contributed by atoms with Crippen molar-refractivity contribution in [2.24, 2.45) is 0 Å². The van der Waals surface area contributed by atoms with Crippen molar-refractivity contribution in [3.05, 3.63) is 58.7 Å². The van der Waals surface area contributed by atoms with Gasteiger partial charge in [0.05, 0.1) is 4.90 Å². The van der Waals surface area contributed by atoms with Crippen LogP contribution in [0.15, 0.2) is 41.3 Å². The van der Waals surface area contributed by atoms with Crippen LogP contribution in [0, 0.1) is 20.8 Å². The van der Waals surface area contributed by atoms with Crippen LogP contribution in [0.1, 0.15) is 34.0 Å². The standard InChI is InChI=1S/C18H22N2O3S/c1-5-19-18(21)17-11-16(9-7-13(17)3)24(22,23)20-15-8-6-12(2)14(4)10-15/h6-11,20H,5H2,1-4H3,(H,19,21). The van der Waals surface area contributed by atoms with E-state index in [4.69, 9.17) is 0 Å². The molecule has 0 atom stereocenters. The first-order chi connectivity index (χ1) is 11.2. The number of benzene rings is 2. The summed E-state index contributed by atoms with van der Waals surface area (Å²) in [5.41, 5.74) is 3.68. The van der Waals surface area contributed by atoms with Gasteiger partial charge < -0.3 is 5.32 Å². The monoisotopic (exact) mass is 346 g/mol. The van der Waals surface area contributed by atoms with Crippen molar-refractivity contribution < 1.29 is 13.2 Å². The molecule has 0 spiro atoms. The Balaban J connectivity index is 2.36. The Morgan fingerprint density at radius 3 is 2.25 bits per heavy atom. The summed E-state index contributed by atoms with van der Waals surface area (Å²) >= 11 is 0. The lowest BCUT2D eigenvalue weighted by Gasteiger charge is -2.12. The molecule has 0 aliphatic carbocycles. The Morgan fingerprint density at radius 1 is 0.958 bits per heavy atom. The zero-order valence-electron chi connectivity index (χ0n) is 14.3. The predicted molar refractivity (Wildman–Crippen MR) is 95.9 cm³/mol. The van der Waals surface area contributed by atoms with Crippen molar-refractivity contribution in [2.75, 3.05) is 11.3 Å². The molecule has 0 heterocycles. The highest BCUT2D eigenvalue weighted by Gasteiger charge is 2.18. The van der Waals surface area contributed by atoms with Gasteiger partial charge in [-0.3, -0.25) is 9.52 Å². The Kier molecular flexibility index (Phi) is 5.29. The van der Waals surface area contributed by atoms with Gasteiger partial charge in [-0.15, -0.1) is 0 Å². The van der Waals surface area contributed by atoms with Gasteiger partial charge in [-0.05, 0) is 68.7 Å². The highest BCUT2D eigenvalue weighted by molar-refractivity contribution is 7.92. The summed E-state index contributed by atoms with van der Waals surface area (Å²) in [5, 5.41) is 2.69. The first kappa shape index (κ1) is 18.0. The summed E-state index contributed by atoms with van der Waals surface area (Å²) in [4.78, 5) is 12.1. The highest BCUT2D eigenvalue weighted by Crippen LogP contribution is 2.21. The maximum atomic E-state index is 12.6. The molecular weight excluding hydrogens is 324 g/mol. The van der Waals surface area contributed by atoms with Crippen LogP contribution in [0.25, 0.3) is 0 Å². The fourth-order valence-corrected chi connectivity index (χ4v) is 3.36. The Hall–Kier alpha value is -2.34. The van der Waals surface area contributed by atoms with E-state index in [9.17, 15) is 13.2 Å². The zero-order valence-corrected chi connectivity index (χ0v) is 15.1. The summed E-state index contributed by atoms with van der Waals surface area (Å²) in [6, 6.07) is 9.91. The lowest BCUT2D eigenvalue weighted by atomic mass is 10.1. The fourth-order valence-electron chi connectivity index (χ4n) is 2.29. The van der Waals surface area contributed by atoms with Crippen LogP contribution in [-0.2, 0) is 10.0 Å². The molecule has 2 aromatic rings. The quantitative estimate of drug-likeness (QED) is 0.873. The third-order valence-corrected chi connectivity index (χ3v) is 5.24. The van der Waals surface area contributed by atoms with E-state index in [1.54, 1.807) is 25.1 Å². The molecule has 0 aliphatic rings. The number of hydrogen-bond acceptors (Lipinski definition) is 3. The number of carbonyl (C=O) groups is 1. The summed E-state index contributed by atoms with van der Waals surface area (Å²) in [6.45, 7) is 7.96. The topological polar surface area (TPSA) is 75.3 Å². The SMILES string of the molecule is CCNC(=O)c1cc(S(=O)(=O)Nc2ccc(C)c(C)c2)ccc1C. The first-order valence-electron chi connectivity index (χ1n) is 7.73.